The van der Waals surface area contributed by atoms with Gasteiger partial charge >= 0.3 is 0 Å². The van der Waals surface area contributed by atoms with Crippen LogP contribution in [0.4, 0.5) is 8.78 Å². The van der Waals surface area contributed by atoms with Gasteiger partial charge in [0.2, 0.25) is 5.89 Å². The van der Waals surface area contributed by atoms with Gasteiger partial charge in [-0.05, 0) is 36.2 Å². The van der Waals surface area contributed by atoms with E-state index in [0.29, 0.717) is 24.5 Å². The normalized spacial score (nSPS) is 12.0. The SMILES string of the molecule is CC(NC(=O)c1coc(CN(Cc2ccc(F)cc2)Cc2ccccc2F)n1)c1ccccc1. The van der Waals surface area contributed by atoms with E-state index in [-0.39, 0.29) is 35.8 Å². The van der Waals surface area contributed by atoms with Crippen molar-refractivity contribution in [3.63, 3.8) is 0 Å². The summed E-state index contributed by atoms with van der Waals surface area (Å²) >= 11 is 0. The maximum atomic E-state index is 14.3. The van der Waals surface area contributed by atoms with Gasteiger partial charge < -0.3 is 9.73 Å². The lowest BCUT2D eigenvalue weighted by Crippen LogP contribution is -2.27. The van der Waals surface area contributed by atoms with Crippen molar-refractivity contribution < 1.29 is 18.0 Å². The van der Waals surface area contributed by atoms with Crippen LogP contribution in [0, 0.1) is 11.6 Å². The minimum absolute atomic E-state index is 0.172. The average molecular weight is 462 g/mol. The number of aromatic nitrogens is 1. The van der Waals surface area contributed by atoms with Gasteiger partial charge in [-0.2, -0.15) is 0 Å². The van der Waals surface area contributed by atoms with Crippen molar-refractivity contribution in [1.29, 1.82) is 0 Å². The van der Waals surface area contributed by atoms with E-state index in [0.717, 1.165) is 11.1 Å². The standard InChI is InChI=1S/C27H25F2N3O2/c1-19(21-7-3-2-4-8-21)30-27(33)25-18-34-26(31-25)17-32(15-20-11-13-23(28)14-12-20)16-22-9-5-6-10-24(22)29/h2-14,18-19H,15-17H2,1H3,(H,30,33). The van der Waals surface area contributed by atoms with Crippen molar-refractivity contribution >= 4 is 5.91 Å². The predicted molar refractivity (Wildman–Crippen MR) is 125 cm³/mol. The first-order valence-electron chi connectivity index (χ1n) is 11.0. The smallest absolute Gasteiger partial charge is 0.273 e. The number of rotatable bonds is 9. The lowest BCUT2D eigenvalue weighted by molar-refractivity contribution is 0.0934. The van der Waals surface area contributed by atoms with Crippen molar-refractivity contribution in [3.05, 3.63) is 125 Å². The summed E-state index contributed by atoms with van der Waals surface area (Å²) in [6.07, 6.45) is 1.32. The van der Waals surface area contributed by atoms with Crippen LogP contribution in [0.25, 0.3) is 0 Å². The van der Waals surface area contributed by atoms with Crippen molar-refractivity contribution in [2.24, 2.45) is 0 Å². The van der Waals surface area contributed by atoms with E-state index >= 15 is 0 Å². The van der Waals surface area contributed by atoms with E-state index in [1.807, 2.05) is 42.2 Å². The number of nitrogens with one attached hydrogen (secondary N) is 1. The van der Waals surface area contributed by atoms with Crippen LogP contribution in [-0.2, 0) is 19.6 Å². The highest BCUT2D eigenvalue weighted by atomic mass is 19.1. The van der Waals surface area contributed by atoms with Gasteiger partial charge in [0.25, 0.3) is 5.91 Å². The molecule has 0 fully saturated rings. The lowest BCUT2D eigenvalue weighted by atomic mass is 10.1. The molecule has 4 rings (SSSR count). The van der Waals surface area contributed by atoms with Crippen LogP contribution in [0.5, 0.6) is 0 Å². The number of carbonyl (C=O) groups is 1. The van der Waals surface area contributed by atoms with Crippen LogP contribution in [0.3, 0.4) is 0 Å². The zero-order valence-corrected chi connectivity index (χ0v) is 18.7. The number of halogens is 2. The largest absolute Gasteiger partial charge is 0.447 e. The highest BCUT2D eigenvalue weighted by Gasteiger charge is 2.18. The minimum Gasteiger partial charge on any atom is -0.447 e. The molecule has 7 heteroatoms. The number of oxazole rings is 1. The molecule has 1 N–H and O–H groups in total. The van der Waals surface area contributed by atoms with E-state index < -0.39 is 0 Å². The number of carbonyl (C=O) groups excluding carboxylic acids is 1. The average Bonchev–Trinajstić information content (AvgIpc) is 3.31. The fourth-order valence-corrected chi connectivity index (χ4v) is 3.66. The highest BCUT2D eigenvalue weighted by Crippen LogP contribution is 2.17. The first kappa shape index (κ1) is 23.3. The Hall–Kier alpha value is -3.84. The van der Waals surface area contributed by atoms with Crippen LogP contribution >= 0.6 is 0 Å². The maximum absolute atomic E-state index is 14.3. The fraction of sp³-hybridized carbons (Fsp3) is 0.185. The summed E-state index contributed by atoms with van der Waals surface area (Å²) in [6, 6.07) is 22.1. The van der Waals surface area contributed by atoms with Gasteiger partial charge in [-0.1, -0.05) is 60.7 Å². The molecule has 1 aromatic heterocycles. The molecule has 0 saturated carbocycles. The number of nitrogens with zero attached hydrogens (tertiary/aromatic N) is 2. The molecule has 1 amide bonds. The van der Waals surface area contributed by atoms with E-state index in [2.05, 4.69) is 10.3 Å². The first-order chi connectivity index (χ1) is 16.5. The quantitative estimate of drug-likeness (QED) is 0.350. The Balaban J connectivity index is 1.47. The molecule has 0 radical (unpaired) electrons. The van der Waals surface area contributed by atoms with Crippen molar-refractivity contribution in [2.75, 3.05) is 0 Å². The first-order valence-corrected chi connectivity index (χ1v) is 11.0. The van der Waals surface area contributed by atoms with E-state index in [1.165, 1.54) is 24.5 Å². The monoisotopic (exact) mass is 461 g/mol. The molecule has 34 heavy (non-hydrogen) atoms. The summed E-state index contributed by atoms with van der Waals surface area (Å²) in [5, 5.41) is 2.91. The second kappa shape index (κ2) is 10.9. The molecule has 0 bridgehead atoms. The zero-order valence-electron chi connectivity index (χ0n) is 18.7. The minimum atomic E-state index is -0.342. The number of amides is 1. The topological polar surface area (TPSA) is 58.4 Å². The molecule has 3 aromatic carbocycles. The number of hydrogen-bond acceptors (Lipinski definition) is 4. The van der Waals surface area contributed by atoms with Crippen LogP contribution in [0.1, 0.15) is 46.0 Å². The molecule has 0 spiro atoms. The maximum Gasteiger partial charge on any atom is 0.273 e. The Kier molecular flexibility index (Phi) is 7.44. The Morgan fingerprint density at radius 2 is 1.65 bits per heavy atom. The summed E-state index contributed by atoms with van der Waals surface area (Å²) in [5.74, 6) is -0.645. The van der Waals surface area contributed by atoms with Crippen LogP contribution in [0.2, 0.25) is 0 Å². The van der Waals surface area contributed by atoms with Crippen molar-refractivity contribution in [1.82, 2.24) is 15.2 Å². The second-order valence-electron chi connectivity index (χ2n) is 8.10. The summed E-state index contributed by atoms with van der Waals surface area (Å²) in [6.45, 7) is 2.85. The van der Waals surface area contributed by atoms with Gasteiger partial charge in [0.05, 0.1) is 12.6 Å². The molecule has 5 nitrogen and oxygen atoms in total. The molecule has 174 valence electrons. The predicted octanol–water partition coefficient (Wildman–Crippen LogP) is 5.65. The second-order valence-corrected chi connectivity index (χ2v) is 8.10. The van der Waals surface area contributed by atoms with Gasteiger partial charge in [0.15, 0.2) is 5.69 Å². The number of hydrogen-bond donors (Lipinski definition) is 1. The Labute approximate surface area is 197 Å². The third-order valence-corrected chi connectivity index (χ3v) is 5.46. The van der Waals surface area contributed by atoms with E-state index in [9.17, 15) is 13.6 Å². The number of benzene rings is 3. The van der Waals surface area contributed by atoms with Gasteiger partial charge in [-0.3, -0.25) is 9.69 Å². The third-order valence-electron chi connectivity index (χ3n) is 5.46. The van der Waals surface area contributed by atoms with E-state index in [1.54, 1.807) is 30.3 Å². The molecular formula is C27H25F2N3O2. The van der Waals surface area contributed by atoms with Gasteiger partial charge in [0, 0.05) is 18.7 Å². The molecule has 4 aromatic rings. The van der Waals surface area contributed by atoms with Gasteiger partial charge in [-0.15, -0.1) is 0 Å². The molecule has 1 unspecified atom stereocenters. The summed E-state index contributed by atoms with van der Waals surface area (Å²) in [5.41, 5.74) is 2.53. The Morgan fingerprint density at radius 3 is 2.38 bits per heavy atom. The molecular weight excluding hydrogens is 436 g/mol. The Morgan fingerprint density at radius 1 is 0.941 bits per heavy atom. The zero-order chi connectivity index (χ0) is 23.9. The molecule has 1 heterocycles. The summed E-state index contributed by atoms with van der Waals surface area (Å²) < 4.78 is 33.2. The summed E-state index contributed by atoms with van der Waals surface area (Å²) in [7, 11) is 0. The van der Waals surface area contributed by atoms with Crippen LogP contribution in [-0.4, -0.2) is 15.8 Å². The third kappa shape index (κ3) is 6.14. The Bertz CT molecular complexity index is 1230. The molecule has 0 aliphatic carbocycles. The van der Waals surface area contributed by atoms with Crippen LogP contribution in [0.15, 0.2) is 89.5 Å². The van der Waals surface area contributed by atoms with E-state index in [4.69, 9.17) is 4.42 Å². The van der Waals surface area contributed by atoms with Gasteiger partial charge in [0.1, 0.15) is 17.9 Å². The van der Waals surface area contributed by atoms with Crippen molar-refractivity contribution in [2.45, 2.75) is 32.6 Å². The molecule has 0 aliphatic heterocycles. The fourth-order valence-electron chi connectivity index (χ4n) is 3.66. The van der Waals surface area contributed by atoms with Crippen LogP contribution < -0.4 is 5.32 Å². The van der Waals surface area contributed by atoms with Crippen molar-refractivity contribution in [3.8, 4) is 0 Å². The molecule has 0 aliphatic rings. The molecule has 0 saturated heterocycles. The lowest BCUT2D eigenvalue weighted by Gasteiger charge is -2.21. The highest BCUT2D eigenvalue weighted by molar-refractivity contribution is 5.92. The molecule has 1 atom stereocenters. The summed E-state index contributed by atoms with van der Waals surface area (Å²) in [4.78, 5) is 18.9. The van der Waals surface area contributed by atoms with Gasteiger partial charge in [-0.25, -0.2) is 13.8 Å².